The van der Waals surface area contributed by atoms with Crippen LogP contribution in [-0.2, 0) is 0 Å². The minimum Gasteiger partial charge on any atom is -0.279 e. The molecule has 58 valence electrons. The van der Waals surface area contributed by atoms with Gasteiger partial charge in [-0.05, 0) is 18.6 Å². The van der Waals surface area contributed by atoms with Crippen LogP contribution < -0.4 is 5.43 Å². The number of nitrogens with zero attached hydrogens (tertiary/aromatic N) is 1. The summed E-state index contributed by atoms with van der Waals surface area (Å²) in [6.45, 7) is 2.05. The molecule has 0 aromatic heterocycles. The number of anilines is 1. The number of hydrazone groups is 1. The summed E-state index contributed by atoms with van der Waals surface area (Å²) in [4.78, 5) is 0. The third-order valence-corrected chi connectivity index (χ3v) is 1.24. The zero-order valence-corrected chi connectivity index (χ0v) is 6.62. The number of rotatable bonds is 3. The van der Waals surface area contributed by atoms with E-state index in [0.717, 1.165) is 12.1 Å². The second kappa shape index (κ2) is 4.50. The predicted molar refractivity (Wildman–Crippen MR) is 48.8 cm³/mol. The maximum absolute atomic E-state index is 3.99. The molecule has 0 aliphatic rings. The normalized spacial score (nSPS) is 10.3. The van der Waals surface area contributed by atoms with Gasteiger partial charge in [-0.2, -0.15) is 5.10 Å². The van der Waals surface area contributed by atoms with Crippen LogP contribution in [0.15, 0.2) is 35.4 Å². The van der Waals surface area contributed by atoms with E-state index in [1.807, 2.05) is 36.5 Å². The lowest BCUT2D eigenvalue weighted by Crippen LogP contribution is -1.87. The van der Waals surface area contributed by atoms with Gasteiger partial charge in [0, 0.05) is 6.21 Å². The monoisotopic (exact) mass is 148 g/mol. The van der Waals surface area contributed by atoms with Crippen LogP contribution in [0.4, 0.5) is 5.69 Å². The highest BCUT2D eigenvalue weighted by atomic mass is 15.3. The average molecular weight is 148 g/mol. The van der Waals surface area contributed by atoms with Gasteiger partial charge in [-0.25, -0.2) is 0 Å². The summed E-state index contributed by atoms with van der Waals surface area (Å²) in [5.74, 6) is 0. The van der Waals surface area contributed by atoms with E-state index in [0.29, 0.717) is 0 Å². The standard InChI is InChI=1S/C9H12N2/c1-2-8-10-11-9-6-4-3-5-7-9/h3-8,11H,2H2,1H3/b10-8+. The largest absolute Gasteiger partial charge is 0.279 e. The lowest BCUT2D eigenvalue weighted by molar-refractivity contribution is 1.27. The van der Waals surface area contributed by atoms with Gasteiger partial charge in [0.25, 0.3) is 0 Å². The van der Waals surface area contributed by atoms with Crippen molar-refractivity contribution in [2.24, 2.45) is 5.10 Å². The Morgan fingerprint density at radius 3 is 2.73 bits per heavy atom. The van der Waals surface area contributed by atoms with E-state index >= 15 is 0 Å². The summed E-state index contributed by atoms with van der Waals surface area (Å²) in [5, 5.41) is 3.99. The third kappa shape index (κ3) is 2.85. The first-order valence-corrected chi connectivity index (χ1v) is 3.76. The summed E-state index contributed by atoms with van der Waals surface area (Å²) in [6.07, 6.45) is 2.80. The van der Waals surface area contributed by atoms with Crippen LogP contribution in [0.3, 0.4) is 0 Å². The highest BCUT2D eigenvalue weighted by Crippen LogP contribution is 2.03. The van der Waals surface area contributed by atoms with Crippen LogP contribution in [0.25, 0.3) is 0 Å². The lowest BCUT2D eigenvalue weighted by atomic mass is 10.3. The number of hydrogen-bond acceptors (Lipinski definition) is 2. The predicted octanol–water partition coefficient (Wildman–Crippen LogP) is 2.49. The number of hydrogen-bond donors (Lipinski definition) is 1. The molecular formula is C9H12N2. The molecule has 0 heterocycles. The van der Waals surface area contributed by atoms with E-state index < -0.39 is 0 Å². The fourth-order valence-corrected chi connectivity index (χ4v) is 0.724. The summed E-state index contributed by atoms with van der Waals surface area (Å²) in [7, 11) is 0. The first-order chi connectivity index (χ1) is 5.43. The molecule has 0 amide bonds. The molecule has 0 aliphatic heterocycles. The smallest absolute Gasteiger partial charge is 0.0561 e. The van der Waals surface area contributed by atoms with Gasteiger partial charge in [0.1, 0.15) is 0 Å². The van der Waals surface area contributed by atoms with E-state index in [2.05, 4.69) is 17.5 Å². The van der Waals surface area contributed by atoms with E-state index in [4.69, 9.17) is 0 Å². The second-order valence-corrected chi connectivity index (χ2v) is 2.20. The quantitative estimate of drug-likeness (QED) is 0.517. The molecular weight excluding hydrogens is 136 g/mol. The van der Waals surface area contributed by atoms with Crippen molar-refractivity contribution in [1.29, 1.82) is 0 Å². The molecule has 1 aromatic rings. The molecule has 0 aliphatic carbocycles. The maximum atomic E-state index is 3.99. The Morgan fingerprint density at radius 1 is 1.36 bits per heavy atom. The summed E-state index contributed by atoms with van der Waals surface area (Å²) in [6, 6.07) is 9.89. The first kappa shape index (κ1) is 7.79. The van der Waals surface area contributed by atoms with Crippen molar-refractivity contribution in [1.82, 2.24) is 0 Å². The number of benzene rings is 1. The van der Waals surface area contributed by atoms with Gasteiger partial charge in [-0.1, -0.05) is 25.1 Å². The molecule has 0 spiro atoms. The van der Waals surface area contributed by atoms with Gasteiger partial charge in [-0.15, -0.1) is 0 Å². The van der Waals surface area contributed by atoms with Crippen LogP contribution in [-0.4, -0.2) is 6.21 Å². The summed E-state index contributed by atoms with van der Waals surface area (Å²) >= 11 is 0. The van der Waals surface area contributed by atoms with Gasteiger partial charge in [0.05, 0.1) is 5.69 Å². The Balaban J connectivity index is 2.45. The third-order valence-electron chi connectivity index (χ3n) is 1.24. The Labute approximate surface area is 66.9 Å². The van der Waals surface area contributed by atoms with Crippen molar-refractivity contribution in [3.8, 4) is 0 Å². The summed E-state index contributed by atoms with van der Waals surface area (Å²) in [5.41, 5.74) is 3.94. The van der Waals surface area contributed by atoms with Crippen molar-refractivity contribution in [2.45, 2.75) is 13.3 Å². The van der Waals surface area contributed by atoms with E-state index in [-0.39, 0.29) is 0 Å². The van der Waals surface area contributed by atoms with Crippen LogP contribution in [0.1, 0.15) is 13.3 Å². The van der Waals surface area contributed by atoms with Crippen LogP contribution >= 0.6 is 0 Å². The van der Waals surface area contributed by atoms with Gasteiger partial charge in [-0.3, -0.25) is 5.43 Å². The minimum atomic E-state index is 0.958. The van der Waals surface area contributed by atoms with E-state index in [1.54, 1.807) is 0 Å². The van der Waals surface area contributed by atoms with Crippen LogP contribution in [0, 0.1) is 0 Å². The fourth-order valence-electron chi connectivity index (χ4n) is 0.724. The van der Waals surface area contributed by atoms with Crippen molar-refractivity contribution in [3.63, 3.8) is 0 Å². The molecule has 0 unspecified atom stereocenters. The van der Waals surface area contributed by atoms with Crippen LogP contribution in [0.5, 0.6) is 0 Å². The Bertz CT molecular complexity index is 216. The number of nitrogens with one attached hydrogen (secondary N) is 1. The molecule has 0 saturated heterocycles. The summed E-state index contributed by atoms with van der Waals surface area (Å²) < 4.78 is 0. The Morgan fingerprint density at radius 2 is 2.09 bits per heavy atom. The van der Waals surface area contributed by atoms with Crippen molar-refractivity contribution in [3.05, 3.63) is 30.3 Å². The van der Waals surface area contributed by atoms with Crippen molar-refractivity contribution < 1.29 is 0 Å². The van der Waals surface area contributed by atoms with Gasteiger partial charge < -0.3 is 0 Å². The zero-order chi connectivity index (χ0) is 7.94. The van der Waals surface area contributed by atoms with Crippen LogP contribution in [0.2, 0.25) is 0 Å². The van der Waals surface area contributed by atoms with E-state index in [1.165, 1.54) is 0 Å². The molecule has 2 nitrogen and oxygen atoms in total. The fraction of sp³-hybridized carbons (Fsp3) is 0.222. The molecule has 0 fully saturated rings. The van der Waals surface area contributed by atoms with Crippen molar-refractivity contribution >= 4 is 11.9 Å². The molecule has 11 heavy (non-hydrogen) atoms. The number of para-hydroxylation sites is 1. The minimum absolute atomic E-state index is 0.958. The van der Waals surface area contributed by atoms with Gasteiger partial charge in [0.15, 0.2) is 0 Å². The topological polar surface area (TPSA) is 24.4 Å². The average Bonchev–Trinajstić information content (AvgIpc) is 2.07. The second-order valence-electron chi connectivity index (χ2n) is 2.20. The molecule has 2 heteroatoms. The Hall–Kier alpha value is -1.31. The SMILES string of the molecule is CC/C=N/Nc1ccccc1. The highest BCUT2D eigenvalue weighted by molar-refractivity contribution is 5.58. The molecule has 1 rings (SSSR count). The van der Waals surface area contributed by atoms with E-state index in [9.17, 15) is 0 Å². The molecule has 0 atom stereocenters. The molecule has 0 radical (unpaired) electrons. The maximum Gasteiger partial charge on any atom is 0.0561 e. The lowest BCUT2D eigenvalue weighted by Gasteiger charge is -1.96. The molecule has 1 N–H and O–H groups in total. The Kier molecular flexibility index (Phi) is 3.19. The molecule has 1 aromatic carbocycles. The first-order valence-electron chi connectivity index (χ1n) is 3.76. The van der Waals surface area contributed by atoms with Gasteiger partial charge >= 0.3 is 0 Å². The molecule has 0 bridgehead atoms. The van der Waals surface area contributed by atoms with Gasteiger partial charge in [0.2, 0.25) is 0 Å². The molecule has 0 saturated carbocycles. The zero-order valence-electron chi connectivity index (χ0n) is 6.62. The van der Waals surface area contributed by atoms with Crippen molar-refractivity contribution in [2.75, 3.05) is 5.43 Å². The highest BCUT2D eigenvalue weighted by Gasteiger charge is 1.82.